The smallest absolute Gasteiger partial charge is 0.0452 e. The van der Waals surface area contributed by atoms with E-state index in [-0.39, 0.29) is 0 Å². The molecular weight excluding hydrogens is 50.0 g/mol. The second kappa shape index (κ2) is 2.54. The first-order valence-electron chi connectivity index (χ1n) is 1.17. The zero-order chi connectivity index (χ0) is 3.41. The molecule has 0 aliphatic heterocycles. The quantitative estimate of drug-likeness (QED) is 0.387. The fraction of sp³-hybridized carbons (Fsp3) is 0.333. The van der Waals surface area contributed by atoms with Crippen molar-refractivity contribution < 1.29 is 0 Å². The molecule has 0 saturated carbocycles. The van der Waals surface area contributed by atoms with Crippen LogP contribution in [0.2, 0.25) is 0 Å². The van der Waals surface area contributed by atoms with Gasteiger partial charge in [-0.3, -0.25) is 0 Å². The molecule has 0 N–H and O–H groups in total. The Kier molecular flexibility index (Phi) is 2.25. The van der Waals surface area contributed by atoms with Crippen molar-refractivity contribution in [3.63, 3.8) is 0 Å². The number of hydrogen-bond donors (Lipinski definition) is 0. The van der Waals surface area contributed by atoms with E-state index in [2.05, 4.69) is 0 Å². The summed E-state index contributed by atoms with van der Waals surface area (Å²) in [4.78, 5) is 0. The normalized spacial score (nSPS) is 9.25. The van der Waals surface area contributed by atoms with E-state index in [1.54, 1.807) is 13.0 Å². The van der Waals surface area contributed by atoms with Gasteiger partial charge in [-0.15, -0.1) is 0 Å². The third-order valence-electron chi connectivity index (χ3n) is 0.149. The molecule has 0 saturated heterocycles. The molecule has 0 aliphatic rings. The molecule has 1 nitrogen and oxygen atoms in total. The lowest BCUT2D eigenvalue weighted by atomic mass is 10.7. The summed E-state index contributed by atoms with van der Waals surface area (Å²) in [5.74, 6) is 0. The maximum Gasteiger partial charge on any atom is 0.0452 e. The predicted octanol–water partition coefficient (Wildman–Crippen LogP) is 0.589. The van der Waals surface area contributed by atoms with Crippen LogP contribution >= 0.6 is 0 Å². The molecule has 0 aromatic rings. The van der Waals surface area contributed by atoms with Gasteiger partial charge < -0.3 is 0 Å². The first kappa shape index (κ1) is 3.54. The van der Waals surface area contributed by atoms with Gasteiger partial charge in [-0.05, 0) is 6.92 Å². The molecule has 1 heteroatoms. The summed E-state index contributed by atoms with van der Waals surface area (Å²) in [6.45, 7) is 1.75. The number of allylic oxidation sites excluding steroid dienone is 1. The fourth-order valence-electron chi connectivity index (χ4n) is 0. The molecule has 0 atom stereocenters. The van der Waals surface area contributed by atoms with Crippen LogP contribution in [-0.2, 0) is 0 Å². The van der Waals surface area contributed by atoms with Gasteiger partial charge in [-0.2, -0.15) is 5.73 Å². The summed E-state index contributed by atoms with van der Waals surface area (Å²) in [6, 6.07) is 0. The molecule has 0 rings (SSSR count). The highest BCUT2D eigenvalue weighted by Crippen LogP contribution is 1.50. The fourth-order valence-corrected chi connectivity index (χ4v) is 0. The molecule has 0 fully saturated rings. The Bertz CT molecular complexity index is 18.5. The highest BCUT2D eigenvalue weighted by atomic mass is 14.5. The van der Waals surface area contributed by atoms with Crippen LogP contribution in [-0.4, -0.2) is 0 Å². The van der Waals surface area contributed by atoms with E-state index in [1.165, 1.54) is 0 Å². The van der Waals surface area contributed by atoms with Crippen LogP contribution in [0.25, 0.3) is 0 Å². The minimum Gasteiger partial charge on any atom is -0.160 e. The van der Waals surface area contributed by atoms with Gasteiger partial charge in [0.05, 0.1) is 0 Å². The van der Waals surface area contributed by atoms with E-state index in [4.69, 9.17) is 5.73 Å². The van der Waals surface area contributed by atoms with Crippen LogP contribution < -0.4 is 5.73 Å². The lowest BCUT2D eigenvalue weighted by Crippen LogP contribution is -1.43. The second-order valence-electron chi connectivity index (χ2n) is 0.482. The van der Waals surface area contributed by atoms with Gasteiger partial charge in [0.2, 0.25) is 0 Å². The average Bonchev–Trinajstić information content (AvgIpc) is 1.37. The van der Waals surface area contributed by atoms with E-state index in [0.717, 1.165) is 6.20 Å². The van der Waals surface area contributed by atoms with Crippen molar-refractivity contribution in [1.82, 2.24) is 5.73 Å². The average molecular weight is 55.1 g/mol. The Morgan fingerprint density at radius 1 is 1.75 bits per heavy atom. The maximum atomic E-state index is 7.69. The van der Waals surface area contributed by atoms with Gasteiger partial charge in [0.1, 0.15) is 0 Å². The van der Waals surface area contributed by atoms with Crippen LogP contribution in [0.4, 0.5) is 0 Å². The summed E-state index contributed by atoms with van der Waals surface area (Å²) in [5, 5.41) is 0. The van der Waals surface area contributed by atoms with Crippen molar-refractivity contribution in [1.29, 1.82) is 0 Å². The molecule has 0 heterocycles. The molecule has 4 heavy (non-hydrogen) atoms. The van der Waals surface area contributed by atoms with Crippen LogP contribution in [0.3, 0.4) is 0 Å². The monoisotopic (exact) mass is 55.0 g/mol. The van der Waals surface area contributed by atoms with Gasteiger partial charge in [0.25, 0.3) is 0 Å². The zero-order valence-corrected chi connectivity index (χ0v) is 2.60. The Hall–Kier alpha value is -0.460. The van der Waals surface area contributed by atoms with Crippen molar-refractivity contribution in [2.75, 3.05) is 0 Å². The minimum atomic E-state index is 1.00. The van der Waals surface area contributed by atoms with E-state index in [9.17, 15) is 0 Å². The van der Waals surface area contributed by atoms with Crippen LogP contribution in [0, 0.1) is 0 Å². The van der Waals surface area contributed by atoms with E-state index >= 15 is 0 Å². The van der Waals surface area contributed by atoms with E-state index in [0.29, 0.717) is 0 Å². The van der Waals surface area contributed by atoms with Gasteiger partial charge in [-0.1, -0.05) is 6.08 Å². The van der Waals surface area contributed by atoms with Gasteiger partial charge in [-0.25, -0.2) is 0 Å². The topological polar surface area (TPSA) is 22.3 Å². The van der Waals surface area contributed by atoms with Crippen molar-refractivity contribution >= 4 is 0 Å². The van der Waals surface area contributed by atoms with E-state index in [1.807, 2.05) is 0 Å². The zero-order valence-electron chi connectivity index (χ0n) is 2.60. The Balaban J connectivity index is 2.55. The van der Waals surface area contributed by atoms with E-state index < -0.39 is 0 Å². The largest absolute Gasteiger partial charge is 0.160 e. The number of hydrogen-bond acceptors (Lipinski definition) is 0. The highest BCUT2D eigenvalue weighted by Gasteiger charge is 1.38. The highest BCUT2D eigenvalue weighted by molar-refractivity contribution is 4.65. The van der Waals surface area contributed by atoms with Gasteiger partial charge >= 0.3 is 0 Å². The van der Waals surface area contributed by atoms with Gasteiger partial charge in [0.15, 0.2) is 0 Å². The third-order valence-corrected chi connectivity index (χ3v) is 0.149. The molecule has 0 aromatic heterocycles. The molecule has 2 radical (unpaired) electrons. The van der Waals surface area contributed by atoms with Crippen LogP contribution in [0.15, 0.2) is 12.3 Å². The summed E-state index contributed by atoms with van der Waals surface area (Å²) < 4.78 is 0. The molecule has 0 amide bonds. The molecule has 0 unspecified atom stereocenters. The molecule has 0 spiro atoms. The molecular formula is C3H5N. The number of nitrogens with zero attached hydrogens (tertiary/aromatic N) is 1. The predicted molar refractivity (Wildman–Crippen MR) is 16.9 cm³/mol. The van der Waals surface area contributed by atoms with Crippen LogP contribution in [0.5, 0.6) is 0 Å². The standard InChI is InChI=1S/C3H5N/c1-2-3-4/h2-3H,1H3. The lowest BCUT2D eigenvalue weighted by molar-refractivity contribution is 1.49. The van der Waals surface area contributed by atoms with Crippen molar-refractivity contribution in [2.45, 2.75) is 6.92 Å². The van der Waals surface area contributed by atoms with Crippen LogP contribution in [0.1, 0.15) is 6.92 Å². The third kappa shape index (κ3) is 1.54. The van der Waals surface area contributed by atoms with Crippen molar-refractivity contribution in [3.05, 3.63) is 12.3 Å². The first-order valence-corrected chi connectivity index (χ1v) is 1.17. The minimum absolute atomic E-state index is 1.00. The first-order chi connectivity index (χ1) is 1.91. The Morgan fingerprint density at radius 3 is 2.00 bits per heavy atom. The van der Waals surface area contributed by atoms with Crippen molar-refractivity contribution in [3.8, 4) is 0 Å². The lowest BCUT2D eigenvalue weighted by Gasteiger charge is -1.46. The molecule has 22 valence electrons. The molecule has 0 aromatic carbocycles. The van der Waals surface area contributed by atoms with Gasteiger partial charge in [0, 0.05) is 6.20 Å². The maximum absolute atomic E-state index is 7.69. The summed E-state index contributed by atoms with van der Waals surface area (Å²) in [5.41, 5.74) is 7.69. The second-order valence-corrected chi connectivity index (χ2v) is 0.482. The Labute approximate surface area is 26.1 Å². The summed E-state index contributed by atoms with van der Waals surface area (Å²) in [7, 11) is 0. The summed E-state index contributed by atoms with van der Waals surface area (Å²) in [6.07, 6.45) is 2.56. The van der Waals surface area contributed by atoms with Crippen molar-refractivity contribution in [2.24, 2.45) is 0 Å². The SMILES string of the molecule is CC=C[N]. The number of rotatable bonds is 0. The molecule has 0 bridgehead atoms. The Morgan fingerprint density at radius 2 is 2.00 bits per heavy atom. The molecule has 0 aliphatic carbocycles. The summed E-state index contributed by atoms with van der Waals surface area (Å²) >= 11 is 0.